The number of piperidine rings is 1. The average Bonchev–Trinajstić information content (AvgIpc) is 2.77. The monoisotopic (exact) mass is 488 g/mol. The van der Waals surface area contributed by atoms with Gasteiger partial charge in [0.05, 0.1) is 0 Å². The molecule has 7 nitrogen and oxygen atoms in total. The number of likely N-dealkylation sites (tertiary alicyclic amines) is 1. The second kappa shape index (κ2) is 11.9. The molecule has 2 aromatic carbocycles. The van der Waals surface area contributed by atoms with Crippen LogP contribution in [0.5, 0.6) is 0 Å². The largest absolute Gasteiger partial charge is 0.444 e. The molecule has 0 bridgehead atoms. The van der Waals surface area contributed by atoms with Gasteiger partial charge in [0.1, 0.15) is 17.2 Å². The Morgan fingerprint density at radius 3 is 2.20 bits per heavy atom. The fourth-order valence-corrected chi connectivity index (χ4v) is 3.86. The van der Waals surface area contributed by atoms with Crippen LogP contribution in [0.25, 0.3) is 0 Å². The van der Waals surface area contributed by atoms with Crippen molar-refractivity contribution >= 4 is 17.8 Å². The Labute approximate surface area is 205 Å². The number of rotatable bonds is 7. The maximum Gasteiger partial charge on any atom is 0.407 e. The highest BCUT2D eigenvalue weighted by Crippen LogP contribution is 2.18. The van der Waals surface area contributed by atoms with Crippen molar-refractivity contribution in [2.75, 3.05) is 25.0 Å². The van der Waals surface area contributed by atoms with Crippen molar-refractivity contribution in [1.82, 2.24) is 15.5 Å². The van der Waals surface area contributed by atoms with Gasteiger partial charge in [0.2, 0.25) is 0 Å². The van der Waals surface area contributed by atoms with E-state index >= 15 is 0 Å². The van der Waals surface area contributed by atoms with E-state index in [1.807, 2.05) is 45.0 Å². The van der Waals surface area contributed by atoms with E-state index in [2.05, 4.69) is 16.0 Å². The molecule has 2 aromatic rings. The molecule has 0 spiro atoms. The van der Waals surface area contributed by atoms with E-state index in [1.165, 1.54) is 12.1 Å². The molecule has 0 atom stereocenters. The summed E-state index contributed by atoms with van der Waals surface area (Å²) in [5, 5.41) is 8.99. The minimum Gasteiger partial charge on any atom is -0.444 e. The number of carbonyl (C=O) groups is 2. The van der Waals surface area contributed by atoms with Crippen LogP contribution < -0.4 is 16.0 Å². The molecule has 190 valence electrons. The number of amides is 3. The number of benzene rings is 2. The van der Waals surface area contributed by atoms with E-state index < -0.39 is 23.3 Å². The highest BCUT2D eigenvalue weighted by Gasteiger charge is 2.22. The quantitative estimate of drug-likeness (QED) is 0.522. The molecule has 0 aromatic heterocycles. The summed E-state index contributed by atoms with van der Waals surface area (Å²) < 4.78 is 31.8. The van der Waals surface area contributed by atoms with Crippen molar-refractivity contribution in [3.63, 3.8) is 0 Å². The first kappa shape index (κ1) is 26.2. The molecule has 1 aliphatic heterocycles. The number of halogens is 2. The Morgan fingerprint density at radius 2 is 1.60 bits per heavy atom. The Hall–Kier alpha value is -3.36. The van der Waals surface area contributed by atoms with Gasteiger partial charge in [-0.3, -0.25) is 0 Å². The van der Waals surface area contributed by atoms with Gasteiger partial charge in [-0.2, -0.15) is 0 Å². The lowest BCUT2D eigenvalue weighted by atomic mass is 10.0. The fraction of sp³-hybridized carbons (Fsp3) is 0.462. The molecule has 3 amide bonds. The van der Waals surface area contributed by atoms with Gasteiger partial charge < -0.3 is 25.6 Å². The number of hydrogen-bond donors (Lipinski definition) is 3. The van der Waals surface area contributed by atoms with Crippen LogP contribution in [0, 0.1) is 11.6 Å². The van der Waals surface area contributed by atoms with Gasteiger partial charge in [-0.15, -0.1) is 0 Å². The Bertz CT molecular complexity index is 980. The van der Waals surface area contributed by atoms with Crippen molar-refractivity contribution in [3.05, 3.63) is 65.2 Å². The van der Waals surface area contributed by atoms with Crippen LogP contribution in [0.3, 0.4) is 0 Å². The van der Waals surface area contributed by atoms with Gasteiger partial charge in [-0.25, -0.2) is 18.4 Å². The van der Waals surface area contributed by atoms with Gasteiger partial charge in [0.25, 0.3) is 0 Å². The normalized spacial score (nSPS) is 14.4. The van der Waals surface area contributed by atoms with Crippen molar-refractivity contribution < 1.29 is 23.1 Å². The maximum absolute atomic E-state index is 13.3. The SMILES string of the molecule is CC(C)(C)OC(=O)NCCc1ccc(NC2CCN(C(=O)NCc3cc(F)cc(F)c3)CC2)cc1. The number of carbonyl (C=O) groups excluding carboxylic acids is 2. The molecule has 1 saturated heterocycles. The third-order valence-corrected chi connectivity index (χ3v) is 5.55. The summed E-state index contributed by atoms with van der Waals surface area (Å²) in [5.74, 6) is -1.32. The van der Waals surface area contributed by atoms with E-state index in [0.717, 1.165) is 30.2 Å². The molecule has 0 radical (unpaired) electrons. The third-order valence-electron chi connectivity index (χ3n) is 5.55. The van der Waals surface area contributed by atoms with E-state index in [9.17, 15) is 18.4 Å². The average molecular weight is 489 g/mol. The molecular formula is C26H34F2N4O3. The molecule has 1 aliphatic rings. The van der Waals surface area contributed by atoms with Crippen molar-refractivity contribution in [1.29, 1.82) is 0 Å². The lowest BCUT2D eigenvalue weighted by Gasteiger charge is -2.33. The lowest BCUT2D eigenvalue weighted by molar-refractivity contribution is 0.0528. The second-order valence-corrected chi connectivity index (χ2v) is 9.72. The van der Waals surface area contributed by atoms with Crippen molar-refractivity contribution in [3.8, 4) is 0 Å². The molecule has 3 rings (SSSR count). The zero-order valence-electron chi connectivity index (χ0n) is 20.5. The molecule has 0 saturated carbocycles. The number of nitrogens with one attached hydrogen (secondary N) is 3. The minimum absolute atomic E-state index is 0.0747. The van der Waals surface area contributed by atoms with Gasteiger partial charge in [-0.1, -0.05) is 12.1 Å². The topological polar surface area (TPSA) is 82.7 Å². The van der Waals surface area contributed by atoms with E-state index in [1.54, 1.807) is 4.90 Å². The van der Waals surface area contributed by atoms with Crippen LogP contribution in [0.1, 0.15) is 44.7 Å². The molecule has 35 heavy (non-hydrogen) atoms. The Kier molecular flexibility index (Phi) is 8.89. The van der Waals surface area contributed by atoms with Gasteiger partial charge in [-0.05, 0) is 75.4 Å². The molecule has 1 heterocycles. The molecule has 0 unspecified atom stereocenters. The second-order valence-electron chi connectivity index (χ2n) is 9.72. The number of alkyl carbamates (subject to hydrolysis) is 1. The summed E-state index contributed by atoms with van der Waals surface area (Å²) in [6.45, 7) is 7.24. The zero-order chi connectivity index (χ0) is 25.4. The van der Waals surface area contributed by atoms with Crippen LogP contribution in [0.4, 0.5) is 24.1 Å². The summed E-state index contributed by atoms with van der Waals surface area (Å²) >= 11 is 0. The van der Waals surface area contributed by atoms with Crippen LogP contribution in [-0.2, 0) is 17.7 Å². The number of anilines is 1. The van der Waals surface area contributed by atoms with Crippen molar-refractivity contribution in [2.24, 2.45) is 0 Å². The first-order valence-electron chi connectivity index (χ1n) is 11.9. The fourth-order valence-electron chi connectivity index (χ4n) is 3.86. The van der Waals surface area contributed by atoms with Crippen LogP contribution >= 0.6 is 0 Å². The van der Waals surface area contributed by atoms with Gasteiger partial charge >= 0.3 is 12.1 Å². The predicted molar refractivity (Wildman–Crippen MR) is 131 cm³/mol. The Balaban J connectivity index is 1.36. The lowest BCUT2D eigenvalue weighted by Crippen LogP contribution is -2.46. The highest BCUT2D eigenvalue weighted by molar-refractivity contribution is 5.74. The van der Waals surface area contributed by atoms with Gasteiger partial charge in [0.15, 0.2) is 0 Å². The molecular weight excluding hydrogens is 454 g/mol. The maximum atomic E-state index is 13.3. The molecule has 3 N–H and O–H groups in total. The summed E-state index contributed by atoms with van der Waals surface area (Å²) in [7, 11) is 0. The summed E-state index contributed by atoms with van der Waals surface area (Å²) in [5.41, 5.74) is 1.98. The van der Waals surface area contributed by atoms with Crippen molar-refractivity contribution in [2.45, 2.75) is 58.2 Å². The first-order chi connectivity index (χ1) is 16.6. The van der Waals surface area contributed by atoms with Crippen LogP contribution in [0.15, 0.2) is 42.5 Å². The number of nitrogens with zero attached hydrogens (tertiary/aromatic N) is 1. The Morgan fingerprint density at radius 1 is 0.971 bits per heavy atom. The predicted octanol–water partition coefficient (Wildman–Crippen LogP) is 4.82. The summed E-state index contributed by atoms with van der Waals surface area (Å²) in [6.07, 6.45) is 1.88. The molecule has 1 fully saturated rings. The summed E-state index contributed by atoms with van der Waals surface area (Å²) in [6, 6.07) is 11.3. The summed E-state index contributed by atoms with van der Waals surface area (Å²) in [4.78, 5) is 25.8. The highest BCUT2D eigenvalue weighted by atomic mass is 19.1. The van der Waals surface area contributed by atoms with Gasteiger partial charge in [0, 0.05) is 44.0 Å². The standard InChI is InChI=1S/C26H34F2N4O3/c1-26(2,3)35-25(34)29-11-8-18-4-6-22(7-5-18)31-23-9-12-32(13-10-23)24(33)30-17-19-14-20(27)16-21(28)15-19/h4-7,14-16,23,31H,8-13,17H2,1-3H3,(H,29,34)(H,30,33). The zero-order valence-corrected chi connectivity index (χ0v) is 20.5. The molecule has 0 aliphatic carbocycles. The molecule has 9 heteroatoms. The first-order valence-corrected chi connectivity index (χ1v) is 11.9. The van der Waals surface area contributed by atoms with E-state index in [0.29, 0.717) is 31.6 Å². The smallest absolute Gasteiger partial charge is 0.407 e. The van der Waals surface area contributed by atoms with E-state index in [-0.39, 0.29) is 18.6 Å². The minimum atomic E-state index is -0.661. The van der Waals surface area contributed by atoms with Crippen LogP contribution in [-0.4, -0.2) is 48.3 Å². The number of urea groups is 1. The third kappa shape index (κ3) is 9.07. The number of hydrogen-bond acceptors (Lipinski definition) is 4. The number of ether oxygens (including phenoxy) is 1. The van der Waals surface area contributed by atoms with E-state index in [4.69, 9.17) is 4.74 Å². The van der Waals surface area contributed by atoms with Crippen LogP contribution in [0.2, 0.25) is 0 Å².